The first-order chi connectivity index (χ1) is 11.4. The number of carbonyl (C=O) groups excluding carboxylic acids is 1. The second-order valence-electron chi connectivity index (χ2n) is 5.40. The number of ketones is 1. The van der Waals surface area contributed by atoms with Gasteiger partial charge in [-0.05, 0) is 55.8 Å². The van der Waals surface area contributed by atoms with Gasteiger partial charge in [0.05, 0.1) is 18.2 Å². The molecule has 0 amide bonds. The zero-order valence-corrected chi connectivity index (χ0v) is 15.2. The molecule has 0 aliphatic carbocycles. The van der Waals surface area contributed by atoms with Crippen molar-refractivity contribution in [1.29, 1.82) is 0 Å². The molecule has 0 N–H and O–H groups in total. The first-order valence-electron chi connectivity index (χ1n) is 7.43. The number of allylic oxidation sites excluding steroid dienone is 1. The summed E-state index contributed by atoms with van der Waals surface area (Å²) in [4.78, 5) is 12.2. The fourth-order valence-electron chi connectivity index (χ4n) is 2.09. The zero-order chi connectivity index (χ0) is 17.7. The minimum Gasteiger partial charge on any atom is -0.493 e. The van der Waals surface area contributed by atoms with Crippen molar-refractivity contribution in [2.45, 2.75) is 20.0 Å². The molecule has 2 aromatic carbocycles. The lowest BCUT2D eigenvalue weighted by molar-refractivity contribution is 0.104. The van der Waals surface area contributed by atoms with Gasteiger partial charge in [-0.1, -0.05) is 35.3 Å². The summed E-state index contributed by atoms with van der Waals surface area (Å²) in [5.74, 6) is 1.08. The maximum absolute atomic E-state index is 12.2. The summed E-state index contributed by atoms with van der Waals surface area (Å²) in [6.45, 7) is 3.89. The van der Waals surface area contributed by atoms with E-state index in [1.807, 2.05) is 32.0 Å². The van der Waals surface area contributed by atoms with E-state index in [0.717, 1.165) is 5.56 Å². The number of hydrogen-bond acceptors (Lipinski definition) is 3. The van der Waals surface area contributed by atoms with E-state index in [9.17, 15) is 4.79 Å². The van der Waals surface area contributed by atoms with E-state index in [1.54, 1.807) is 31.4 Å². The van der Waals surface area contributed by atoms with E-state index in [-0.39, 0.29) is 11.9 Å². The van der Waals surface area contributed by atoms with E-state index in [1.165, 1.54) is 6.08 Å². The molecule has 126 valence electrons. The summed E-state index contributed by atoms with van der Waals surface area (Å²) >= 11 is 11.9. The largest absolute Gasteiger partial charge is 0.493 e. The smallest absolute Gasteiger partial charge is 0.187 e. The highest BCUT2D eigenvalue weighted by atomic mass is 35.5. The van der Waals surface area contributed by atoms with Crippen molar-refractivity contribution in [2.75, 3.05) is 7.11 Å². The summed E-state index contributed by atoms with van der Waals surface area (Å²) in [7, 11) is 1.58. The van der Waals surface area contributed by atoms with Gasteiger partial charge in [0, 0.05) is 10.6 Å². The van der Waals surface area contributed by atoms with Crippen LogP contribution in [0.15, 0.2) is 42.5 Å². The van der Waals surface area contributed by atoms with Crippen molar-refractivity contribution in [3.8, 4) is 11.5 Å². The Morgan fingerprint density at radius 2 is 1.83 bits per heavy atom. The van der Waals surface area contributed by atoms with Gasteiger partial charge < -0.3 is 9.47 Å². The average Bonchev–Trinajstić information content (AvgIpc) is 2.53. The second kappa shape index (κ2) is 8.22. The molecule has 2 aromatic rings. The lowest BCUT2D eigenvalue weighted by Gasteiger charge is -2.13. The molecule has 0 fully saturated rings. The van der Waals surface area contributed by atoms with E-state index in [2.05, 4.69) is 0 Å². The fourth-order valence-corrected chi connectivity index (χ4v) is 2.59. The zero-order valence-electron chi connectivity index (χ0n) is 13.7. The predicted molar refractivity (Wildman–Crippen MR) is 98.6 cm³/mol. The van der Waals surface area contributed by atoms with Crippen LogP contribution < -0.4 is 9.47 Å². The van der Waals surface area contributed by atoms with Crippen LogP contribution >= 0.6 is 23.2 Å². The fraction of sp³-hybridized carbons (Fsp3) is 0.211. The molecule has 0 saturated heterocycles. The Kier molecular flexibility index (Phi) is 6.29. The highest BCUT2D eigenvalue weighted by Crippen LogP contribution is 2.29. The predicted octanol–water partition coefficient (Wildman–Crippen LogP) is 5.69. The third kappa shape index (κ3) is 4.76. The van der Waals surface area contributed by atoms with E-state index in [4.69, 9.17) is 32.7 Å². The second-order valence-corrected chi connectivity index (χ2v) is 6.24. The maximum Gasteiger partial charge on any atom is 0.187 e. The molecule has 2 rings (SSSR count). The number of halogens is 2. The minimum atomic E-state index is -0.196. The molecule has 0 spiro atoms. The molecule has 0 heterocycles. The SMILES string of the molecule is COc1cc(/C=C/C(=O)c2ccc(Cl)cc2Cl)ccc1OC(C)C. The summed E-state index contributed by atoms with van der Waals surface area (Å²) in [5, 5.41) is 0.821. The number of carbonyl (C=O) groups is 1. The quantitative estimate of drug-likeness (QED) is 0.488. The van der Waals surface area contributed by atoms with Crippen LogP contribution in [0.1, 0.15) is 29.8 Å². The monoisotopic (exact) mass is 364 g/mol. The van der Waals surface area contributed by atoms with Crippen LogP contribution in [0.5, 0.6) is 11.5 Å². The number of rotatable bonds is 6. The van der Waals surface area contributed by atoms with Gasteiger partial charge in [0.15, 0.2) is 17.3 Å². The van der Waals surface area contributed by atoms with Crippen LogP contribution in [0.25, 0.3) is 6.08 Å². The Bertz CT molecular complexity index is 767. The Balaban J connectivity index is 2.20. The van der Waals surface area contributed by atoms with Crippen LogP contribution in [0.3, 0.4) is 0 Å². The first-order valence-corrected chi connectivity index (χ1v) is 8.18. The molecule has 0 aromatic heterocycles. The summed E-state index contributed by atoms with van der Waals surface area (Å²) in [5.41, 5.74) is 1.23. The van der Waals surface area contributed by atoms with E-state index < -0.39 is 0 Å². The topological polar surface area (TPSA) is 35.5 Å². The molecule has 0 aliphatic heterocycles. The molecule has 0 radical (unpaired) electrons. The molecule has 3 nitrogen and oxygen atoms in total. The lowest BCUT2D eigenvalue weighted by atomic mass is 10.1. The molecule has 0 unspecified atom stereocenters. The van der Waals surface area contributed by atoms with Crippen LogP contribution in [0.2, 0.25) is 10.0 Å². The van der Waals surface area contributed by atoms with Crippen molar-refractivity contribution in [1.82, 2.24) is 0 Å². The number of ether oxygens (including phenoxy) is 2. The van der Waals surface area contributed by atoms with Crippen molar-refractivity contribution >= 4 is 35.1 Å². The molecule has 24 heavy (non-hydrogen) atoms. The van der Waals surface area contributed by atoms with Crippen LogP contribution in [0.4, 0.5) is 0 Å². The molecule has 5 heteroatoms. The molecule has 0 bridgehead atoms. The Morgan fingerprint density at radius 3 is 2.46 bits per heavy atom. The Morgan fingerprint density at radius 1 is 1.08 bits per heavy atom. The van der Waals surface area contributed by atoms with Gasteiger partial charge in [-0.3, -0.25) is 4.79 Å². The maximum atomic E-state index is 12.2. The van der Waals surface area contributed by atoms with Gasteiger partial charge in [0.25, 0.3) is 0 Å². The Hall–Kier alpha value is -1.97. The van der Waals surface area contributed by atoms with Gasteiger partial charge in [-0.25, -0.2) is 0 Å². The molecular formula is C19H18Cl2O3. The van der Waals surface area contributed by atoms with Crippen molar-refractivity contribution in [2.24, 2.45) is 0 Å². The van der Waals surface area contributed by atoms with Crippen molar-refractivity contribution < 1.29 is 14.3 Å². The van der Waals surface area contributed by atoms with Gasteiger partial charge >= 0.3 is 0 Å². The molecular weight excluding hydrogens is 347 g/mol. The third-order valence-corrected chi connectivity index (χ3v) is 3.72. The minimum absolute atomic E-state index is 0.0499. The standard InChI is InChI=1S/C19H18Cl2O3/c1-12(2)24-18-9-5-13(10-19(18)23-3)4-8-17(22)15-7-6-14(20)11-16(15)21/h4-12H,1-3H3/b8-4+. The van der Waals surface area contributed by atoms with Gasteiger partial charge in [0.1, 0.15) is 0 Å². The third-order valence-electron chi connectivity index (χ3n) is 3.17. The van der Waals surface area contributed by atoms with Gasteiger partial charge in [-0.2, -0.15) is 0 Å². The Labute approximate surface area is 151 Å². The van der Waals surface area contributed by atoms with Crippen LogP contribution in [-0.2, 0) is 0 Å². The highest BCUT2D eigenvalue weighted by Gasteiger charge is 2.09. The lowest BCUT2D eigenvalue weighted by Crippen LogP contribution is -2.06. The normalized spacial score (nSPS) is 11.1. The van der Waals surface area contributed by atoms with Gasteiger partial charge in [0.2, 0.25) is 0 Å². The van der Waals surface area contributed by atoms with Crippen molar-refractivity contribution in [3.63, 3.8) is 0 Å². The summed E-state index contributed by atoms with van der Waals surface area (Å²) < 4.78 is 11.0. The van der Waals surface area contributed by atoms with E-state index in [0.29, 0.717) is 27.1 Å². The number of hydrogen-bond donors (Lipinski definition) is 0. The van der Waals surface area contributed by atoms with Crippen LogP contribution in [-0.4, -0.2) is 19.0 Å². The number of benzene rings is 2. The molecule has 0 saturated carbocycles. The first kappa shape index (κ1) is 18.4. The van der Waals surface area contributed by atoms with Gasteiger partial charge in [-0.15, -0.1) is 0 Å². The van der Waals surface area contributed by atoms with E-state index >= 15 is 0 Å². The summed E-state index contributed by atoms with van der Waals surface area (Å²) in [6, 6.07) is 10.3. The molecule has 0 atom stereocenters. The highest BCUT2D eigenvalue weighted by molar-refractivity contribution is 6.37. The number of methoxy groups -OCH3 is 1. The van der Waals surface area contributed by atoms with Crippen molar-refractivity contribution in [3.05, 3.63) is 63.6 Å². The molecule has 0 aliphatic rings. The van der Waals surface area contributed by atoms with Crippen LogP contribution in [0, 0.1) is 0 Å². The summed E-state index contributed by atoms with van der Waals surface area (Å²) in [6.07, 6.45) is 3.22. The average molecular weight is 365 g/mol.